The van der Waals surface area contributed by atoms with E-state index < -0.39 is 6.43 Å². The molecule has 2 aromatic carbocycles. The summed E-state index contributed by atoms with van der Waals surface area (Å²) in [5.41, 5.74) is 2.58. The van der Waals surface area contributed by atoms with Crippen molar-refractivity contribution in [2.24, 2.45) is 0 Å². The van der Waals surface area contributed by atoms with Gasteiger partial charge in [-0.3, -0.25) is 9.69 Å². The number of nitrogens with zero attached hydrogens (tertiary/aromatic N) is 5. The first-order chi connectivity index (χ1) is 17.4. The molecule has 0 atom stereocenters. The van der Waals surface area contributed by atoms with E-state index in [1.54, 1.807) is 17.9 Å². The highest BCUT2D eigenvalue weighted by Crippen LogP contribution is 2.33. The Hall–Kier alpha value is -3.72. The first-order valence-corrected chi connectivity index (χ1v) is 11.9. The van der Waals surface area contributed by atoms with Crippen LogP contribution >= 0.6 is 0 Å². The van der Waals surface area contributed by atoms with E-state index in [0.717, 1.165) is 5.56 Å². The van der Waals surface area contributed by atoms with Crippen LogP contribution in [-0.2, 0) is 17.9 Å². The fourth-order valence-corrected chi connectivity index (χ4v) is 4.70. The lowest BCUT2D eigenvalue weighted by molar-refractivity contribution is -0.133. The van der Waals surface area contributed by atoms with Gasteiger partial charge in [-0.25, -0.2) is 22.8 Å². The number of hydrogen-bond donors (Lipinski definition) is 0. The van der Waals surface area contributed by atoms with Gasteiger partial charge in [0, 0.05) is 43.9 Å². The minimum absolute atomic E-state index is 0.0812. The van der Waals surface area contributed by atoms with Crippen LogP contribution in [0.1, 0.15) is 23.2 Å². The molecule has 0 unspecified atom stereocenters. The van der Waals surface area contributed by atoms with Crippen LogP contribution in [0.25, 0.3) is 22.3 Å². The molecule has 0 aliphatic carbocycles. The molecule has 6 nitrogen and oxygen atoms in total. The smallest absolute Gasteiger partial charge is 0.264 e. The van der Waals surface area contributed by atoms with Gasteiger partial charge in [0.25, 0.3) is 6.43 Å². The summed E-state index contributed by atoms with van der Waals surface area (Å²) < 4.78 is 42.9. The molecule has 1 aliphatic rings. The molecule has 4 aromatic rings. The van der Waals surface area contributed by atoms with Crippen LogP contribution in [0, 0.1) is 12.7 Å². The van der Waals surface area contributed by atoms with Crippen LogP contribution in [0.4, 0.5) is 13.2 Å². The van der Waals surface area contributed by atoms with Crippen LogP contribution in [0.2, 0.25) is 0 Å². The van der Waals surface area contributed by atoms with Gasteiger partial charge in [-0.2, -0.15) is 5.10 Å². The number of carbonyl (C=O) groups is 1. The number of pyridine rings is 1. The number of fused-ring (bicyclic) bond motifs is 1. The zero-order chi connectivity index (χ0) is 25.2. The maximum absolute atomic E-state index is 14.0. The Balaban J connectivity index is 1.34. The Kier molecular flexibility index (Phi) is 6.73. The molecule has 1 amide bonds. The summed E-state index contributed by atoms with van der Waals surface area (Å²) in [5, 5.41) is 4.70. The molecule has 9 heteroatoms. The second-order valence-electron chi connectivity index (χ2n) is 8.99. The number of benzene rings is 2. The predicted octanol–water partition coefficient (Wildman–Crippen LogP) is 4.83. The average Bonchev–Trinajstić information content (AvgIpc) is 3.19. The third-order valence-corrected chi connectivity index (χ3v) is 6.52. The standard InChI is InChI=1S/C27H26F3N5O/c1-18-25-22(26(29)30)15-23(20-7-3-2-4-8-20)31-27(25)35(32-18)17-24(36)34-12-10-33(11-13-34)16-19-6-5-9-21(28)14-19/h2-9,14-15,26H,10-13,16-17H2,1H3. The number of halogens is 3. The maximum atomic E-state index is 14.0. The summed E-state index contributed by atoms with van der Waals surface area (Å²) in [7, 11) is 0. The zero-order valence-corrected chi connectivity index (χ0v) is 19.9. The molecule has 1 aliphatic heterocycles. The Morgan fingerprint density at radius 3 is 2.44 bits per heavy atom. The molecule has 1 fully saturated rings. The first-order valence-electron chi connectivity index (χ1n) is 11.9. The second-order valence-corrected chi connectivity index (χ2v) is 8.99. The third-order valence-electron chi connectivity index (χ3n) is 6.52. The number of alkyl halides is 2. The molecular weight excluding hydrogens is 467 g/mol. The van der Waals surface area contributed by atoms with E-state index in [2.05, 4.69) is 15.0 Å². The van der Waals surface area contributed by atoms with E-state index in [-0.39, 0.29) is 34.9 Å². The van der Waals surface area contributed by atoms with Crippen molar-refractivity contribution in [1.29, 1.82) is 0 Å². The summed E-state index contributed by atoms with van der Waals surface area (Å²) in [4.78, 5) is 21.7. The van der Waals surface area contributed by atoms with Crippen molar-refractivity contribution in [1.82, 2.24) is 24.6 Å². The van der Waals surface area contributed by atoms with Gasteiger partial charge >= 0.3 is 0 Å². The van der Waals surface area contributed by atoms with Gasteiger partial charge in [0.2, 0.25) is 5.91 Å². The summed E-state index contributed by atoms with van der Waals surface area (Å²) in [5.74, 6) is -0.405. The molecule has 1 saturated heterocycles. The number of aryl methyl sites for hydroxylation is 1. The summed E-state index contributed by atoms with van der Waals surface area (Å²) in [6, 6.07) is 17.0. The van der Waals surface area contributed by atoms with Crippen molar-refractivity contribution in [3.05, 3.63) is 83.3 Å². The number of carbonyl (C=O) groups excluding carboxylic acids is 1. The lowest BCUT2D eigenvalue weighted by Gasteiger charge is -2.34. The van der Waals surface area contributed by atoms with Gasteiger partial charge < -0.3 is 4.90 Å². The molecule has 186 valence electrons. The van der Waals surface area contributed by atoms with Crippen LogP contribution in [0.15, 0.2) is 60.7 Å². The van der Waals surface area contributed by atoms with Gasteiger partial charge in [-0.05, 0) is 30.7 Å². The lowest BCUT2D eigenvalue weighted by atomic mass is 10.1. The van der Waals surface area contributed by atoms with E-state index in [0.29, 0.717) is 49.7 Å². The average molecular weight is 494 g/mol. The van der Waals surface area contributed by atoms with Crippen LogP contribution < -0.4 is 0 Å². The summed E-state index contributed by atoms with van der Waals surface area (Å²) in [6.45, 7) is 4.56. The fraction of sp³-hybridized carbons (Fsp3) is 0.296. The van der Waals surface area contributed by atoms with E-state index in [1.165, 1.54) is 22.9 Å². The molecule has 5 rings (SSSR count). The number of hydrogen-bond acceptors (Lipinski definition) is 4. The van der Waals surface area contributed by atoms with Gasteiger partial charge in [0.1, 0.15) is 12.4 Å². The largest absolute Gasteiger partial charge is 0.339 e. The van der Waals surface area contributed by atoms with E-state index in [4.69, 9.17) is 0 Å². The highest BCUT2D eigenvalue weighted by Gasteiger charge is 2.25. The molecule has 0 radical (unpaired) electrons. The van der Waals surface area contributed by atoms with Crippen LogP contribution in [0.5, 0.6) is 0 Å². The zero-order valence-electron chi connectivity index (χ0n) is 19.9. The maximum Gasteiger partial charge on any atom is 0.264 e. The van der Waals surface area contributed by atoms with Crippen molar-refractivity contribution in [3.8, 4) is 11.3 Å². The molecular formula is C27H26F3N5O. The quantitative estimate of drug-likeness (QED) is 0.386. The number of piperazine rings is 1. The number of aromatic nitrogens is 3. The predicted molar refractivity (Wildman–Crippen MR) is 131 cm³/mol. The number of amides is 1. The summed E-state index contributed by atoms with van der Waals surface area (Å²) >= 11 is 0. The van der Waals surface area contributed by atoms with Crippen molar-refractivity contribution in [2.45, 2.75) is 26.4 Å². The van der Waals surface area contributed by atoms with Crippen LogP contribution in [-0.4, -0.2) is 56.7 Å². The van der Waals surface area contributed by atoms with E-state index in [1.807, 2.05) is 36.4 Å². The highest BCUT2D eigenvalue weighted by atomic mass is 19.3. The van der Waals surface area contributed by atoms with Gasteiger partial charge in [0.05, 0.1) is 16.8 Å². The minimum Gasteiger partial charge on any atom is -0.339 e. The van der Waals surface area contributed by atoms with E-state index >= 15 is 0 Å². The molecule has 0 saturated carbocycles. The monoisotopic (exact) mass is 493 g/mol. The van der Waals surface area contributed by atoms with Gasteiger partial charge in [-0.15, -0.1) is 0 Å². The van der Waals surface area contributed by atoms with Crippen LogP contribution in [0.3, 0.4) is 0 Å². The van der Waals surface area contributed by atoms with Crippen molar-refractivity contribution < 1.29 is 18.0 Å². The van der Waals surface area contributed by atoms with E-state index in [9.17, 15) is 18.0 Å². The Bertz CT molecular complexity index is 1380. The number of rotatable bonds is 6. The molecule has 0 N–H and O–H groups in total. The highest BCUT2D eigenvalue weighted by molar-refractivity contribution is 5.87. The van der Waals surface area contributed by atoms with Crippen molar-refractivity contribution >= 4 is 16.9 Å². The molecule has 36 heavy (non-hydrogen) atoms. The van der Waals surface area contributed by atoms with Crippen molar-refractivity contribution in [2.75, 3.05) is 26.2 Å². The molecule has 2 aromatic heterocycles. The Labute approximate surface area is 207 Å². The fourth-order valence-electron chi connectivity index (χ4n) is 4.70. The first kappa shape index (κ1) is 24.0. The third kappa shape index (κ3) is 4.97. The minimum atomic E-state index is -2.70. The van der Waals surface area contributed by atoms with Crippen molar-refractivity contribution in [3.63, 3.8) is 0 Å². The SMILES string of the molecule is Cc1nn(CC(=O)N2CCN(Cc3cccc(F)c3)CC2)c2nc(-c3ccccc3)cc(C(F)F)c12. The Morgan fingerprint density at radius 2 is 1.75 bits per heavy atom. The van der Waals surface area contributed by atoms with Gasteiger partial charge in [-0.1, -0.05) is 42.5 Å². The molecule has 0 spiro atoms. The second kappa shape index (κ2) is 10.1. The molecule has 3 heterocycles. The molecule has 0 bridgehead atoms. The van der Waals surface area contributed by atoms with Gasteiger partial charge in [0.15, 0.2) is 5.65 Å². The Morgan fingerprint density at radius 1 is 1.00 bits per heavy atom. The summed E-state index contributed by atoms with van der Waals surface area (Å²) in [6.07, 6.45) is -2.70. The lowest BCUT2D eigenvalue weighted by Crippen LogP contribution is -2.49. The topological polar surface area (TPSA) is 54.3 Å². The normalized spacial score (nSPS) is 14.6.